The van der Waals surface area contributed by atoms with Crippen molar-refractivity contribution in [3.8, 4) is 0 Å². The number of unbranched alkanes of at least 4 members (excludes halogenated alkanes) is 25. The molecule has 0 rings (SSSR count). The summed E-state index contributed by atoms with van der Waals surface area (Å²) in [6, 6.07) is 0. The van der Waals surface area contributed by atoms with E-state index in [1.807, 2.05) is 0 Å². The molecule has 0 saturated carbocycles. The number of carbonyl (C=O) groups excluding carboxylic acids is 1. The van der Waals surface area contributed by atoms with Crippen molar-refractivity contribution in [1.29, 1.82) is 0 Å². The van der Waals surface area contributed by atoms with Crippen LogP contribution in [0.2, 0.25) is 0 Å². The maximum absolute atomic E-state index is 11.2. The molecule has 2 heteroatoms. The third-order valence-corrected chi connectivity index (χ3v) is 6.95. The van der Waals surface area contributed by atoms with Crippen molar-refractivity contribution in [2.75, 3.05) is 0 Å². The summed E-state index contributed by atoms with van der Waals surface area (Å²) in [6.07, 6.45) is 38.2. The van der Waals surface area contributed by atoms with E-state index in [1.165, 1.54) is 160 Å². The summed E-state index contributed by atoms with van der Waals surface area (Å²) in [5, 5.41) is 0. The fourth-order valence-electron chi connectivity index (χ4n) is 4.74. The zero-order valence-corrected chi connectivity index (χ0v) is 22.7. The van der Waals surface area contributed by atoms with Crippen molar-refractivity contribution in [2.45, 2.75) is 180 Å². The third-order valence-electron chi connectivity index (χ3n) is 6.95. The van der Waals surface area contributed by atoms with Gasteiger partial charge in [-0.3, -0.25) is 4.79 Å². The van der Waals surface area contributed by atoms with Crippen molar-refractivity contribution >= 4 is 5.97 Å². The summed E-state index contributed by atoms with van der Waals surface area (Å²) in [7, 11) is 0. The van der Waals surface area contributed by atoms with Gasteiger partial charge in [0.2, 0.25) is 0 Å². The fourth-order valence-corrected chi connectivity index (χ4v) is 4.74. The van der Waals surface area contributed by atoms with Gasteiger partial charge in [0.15, 0.2) is 0 Å². The zero-order valence-electron chi connectivity index (χ0n) is 22.7. The second-order valence-corrected chi connectivity index (χ2v) is 10.2. The van der Waals surface area contributed by atoms with Crippen LogP contribution in [-0.2, 0) is 9.53 Å². The minimum atomic E-state index is -0.144. The van der Waals surface area contributed by atoms with E-state index in [0.717, 1.165) is 12.8 Å². The molecular formula is C31H60O2. The van der Waals surface area contributed by atoms with E-state index in [4.69, 9.17) is 4.74 Å². The lowest BCUT2D eigenvalue weighted by Gasteiger charge is -2.04. The zero-order chi connectivity index (χ0) is 24.1. The average molecular weight is 465 g/mol. The van der Waals surface area contributed by atoms with Crippen LogP contribution in [0.5, 0.6) is 0 Å². The first-order valence-electron chi connectivity index (χ1n) is 15.1. The largest absolute Gasteiger partial charge is 0.435 e. The van der Waals surface area contributed by atoms with Crippen LogP contribution in [0.25, 0.3) is 0 Å². The normalized spacial score (nSPS) is 11.1. The number of hydrogen-bond acceptors (Lipinski definition) is 2. The molecule has 0 N–H and O–H groups in total. The molecule has 0 radical (unpaired) electrons. The maximum Gasteiger partial charge on any atom is 0.310 e. The molecule has 0 bridgehead atoms. The van der Waals surface area contributed by atoms with E-state index in [2.05, 4.69) is 13.5 Å². The van der Waals surface area contributed by atoms with Gasteiger partial charge in [0.1, 0.15) is 0 Å². The number of ether oxygens (including phenoxy) is 1. The quantitative estimate of drug-likeness (QED) is 0.0653. The summed E-state index contributed by atoms with van der Waals surface area (Å²) < 4.78 is 4.72. The predicted octanol–water partition coefficient (Wildman–Crippen LogP) is 11.2. The smallest absolute Gasteiger partial charge is 0.310 e. The van der Waals surface area contributed by atoms with Crippen molar-refractivity contribution < 1.29 is 9.53 Å². The Balaban J connectivity index is 3.04. The van der Waals surface area contributed by atoms with Crippen LogP contribution in [0.3, 0.4) is 0 Å². The lowest BCUT2D eigenvalue weighted by atomic mass is 10.0. The third kappa shape index (κ3) is 29.2. The van der Waals surface area contributed by atoms with Crippen LogP contribution in [0, 0.1) is 0 Å². The molecule has 0 amide bonds. The van der Waals surface area contributed by atoms with Gasteiger partial charge in [-0.15, -0.1) is 0 Å². The highest BCUT2D eigenvalue weighted by molar-refractivity contribution is 5.69. The highest BCUT2D eigenvalue weighted by Crippen LogP contribution is 2.16. The van der Waals surface area contributed by atoms with Gasteiger partial charge in [0, 0.05) is 6.42 Å². The van der Waals surface area contributed by atoms with Crippen molar-refractivity contribution in [3.05, 3.63) is 12.8 Å². The Bertz CT molecular complexity index is 390. The van der Waals surface area contributed by atoms with Gasteiger partial charge in [0.25, 0.3) is 0 Å². The van der Waals surface area contributed by atoms with Crippen molar-refractivity contribution in [3.63, 3.8) is 0 Å². The molecule has 0 atom stereocenters. The molecule has 0 aliphatic heterocycles. The predicted molar refractivity (Wildman–Crippen MR) is 147 cm³/mol. The van der Waals surface area contributed by atoms with Gasteiger partial charge in [0.05, 0.1) is 6.26 Å². The molecule has 0 aromatic carbocycles. The molecular weight excluding hydrogens is 404 g/mol. The van der Waals surface area contributed by atoms with E-state index in [9.17, 15) is 4.79 Å². The molecule has 0 aromatic heterocycles. The summed E-state index contributed by atoms with van der Waals surface area (Å²) in [6.45, 7) is 5.70. The highest BCUT2D eigenvalue weighted by atomic mass is 16.5. The number of esters is 1. The van der Waals surface area contributed by atoms with Gasteiger partial charge >= 0.3 is 5.97 Å². The minimum Gasteiger partial charge on any atom is -0.435 e. The Hall–Kier alpha value is -0.790. The lowest BCUT2D eigenvalue weighted by Crippen LogP contribution is -1.98. The summed E-state index contributed by atoms with van der Waals surface area (Å²) in [4.78, 5) is 11.2. The van der Waals surface area contributed by atoms with Gasteiger partial charge in [-0.25, -0.2) is 0 Å². The van der Waals surface area contributed by atoms with E-state index in [1.54, 1.807) is 0 Å². The number of hydrogen-bond donors (Lipinski definition) is 0. The van der Waals surface area contributed by atoms with Gasteiger partial charge in [-0.1, -0.05) is 174 Å². The first-order chi connectivity index (χ1) is 16.3. The Morgan fingerprint density at radius 1 is 0.485 bits per heavy atom. The highest BCUT2D eigenvalue weighted by Gasteiger charge is 2.00. The van der Waals surface area contributed by atoms with E-state index >= 15 is 0 Å². The van der Waals surface area contributed by atoms with E-state index < -0.39 is 0 Å². The molecule has 0 aliphatic carbocycles. The fraction of sp³-hybridized carbons (Fsp3) is 0.903. The van der Waals surface area contributed by atoms with E-state index in [-0.39, 0.29) is 5.97 Å². The van der Waals surface area contributed by atoms with Crippen molar-refractivity contribution in [2.24, 2.45) is 0 Å². The molecule has 0 saturated heterocycles. The molecule has 0 aliphatic rings. The first-order valence-corrected chi connectivity index (χ1v) is 15.1. The summed E-state index contributed by atoms with van der Waals surface area (Å²) >= 11 is 0. The standard InChI is InChI=1S/C31H60O2/c1-3-5-6-7-8-9-10-11-12-13-14-15-16-17-18-19-20-21-22-23-24-25-26-27-28-29-30-31(32)33-4-2/h4H,2-3,5-30H2,1H3. The monoisotopic (exact) mass is 464 g/mol. The Kier molecular flexibility index (Phi) is 28.5. The summed E-state index contributed by atoms with van der Waals surface area (Å²) in [5.41, 5.74) is 0. The van der Waals surface area contributed by atoms with Gasteiger partial charge < -0.3 is 4.74 Å². The van der Waals surface area contributed by atoms with E-state index in [0.29, 0.717) is 6.42 Å². The van der Waals surface area contributed by atoms with Crippen LogP contribution in [-0.4, -0.2) is 5.97 Å². The molecule has 0 unspecified atom stereocenters. The molecule has 0 spiro atoms. The topological polar surface area (TPSA) is 26.3 Å². The number of carbonyl (C=O) groups is 1. The molecule has 0 aromatic rings. The molecule has 2 nitrogen and oxygen atoms in total. The molecule has 33 heavy (non-hydrogen) atoms. The molecule has 0 fully saturated rings. The Labute approximate surface area is 208 Å². The minimum absolute atomic E-state index is 0.144. The second-order valence-electron chi connectivity index (χ2n) is 10.2. The second kappa shape index (κ2) is 29.2. The van der Waals surface area contributed by atoms with Crippen LogP contribution in [0.4, 0.5) is 0 Å². The van der Waals surface area contributed by atoms with Crippen molar-refractivity contribution in [1.82, 2.24) is 0 Å². The van der Waals surface area contributed by atoms with Crippen LogP contribution in [0.1, 0.15) is 180 Å². The average Bonchev–Trinajstić information content (AvgIpc) is 2.81. The maximum atomic E-state index is 11.2. The summed E-state index contributed by atoms with van der Waals surface area (Å²) in [5.74, 6) is -0.144. The Morgan fingerprint density at radius 3 is 0.970 bits per heavy atom. The Morgan fingerprint density at radius 2 is 0.727 bits per heavy atom. The SMILES string of the molecule is C=COC(=O)CCCCCCCCCCCCCCCCCCCCCCCCCCCC. The van der Waals surface area contributed by atoms with Crippen LogP contribution >= 0.6 is 0 Å². The molecule has 196 valence electrons. The van der Waals surface area contributed by atoms with Crippen LogP contribution in [0.15, 0.2) is 12.8 Å². The van der Waals surface area contributed by atoms with Gasteiger partial charge in [-0.2, -0.15) is 0 Å². The lowest BCUT2D eigenvalue weighted by molar-refractivity contribution is -0.138. The van der Waals surface area contributed by atoms with Gasteiger partial charge in [-0.05, 0) is 6.42 Å². The first kappa shape index (κ1) is 32.2. The molecule has 0 heterocycles. The number of rotatable bonds is 28. The van der Waals surface area contributed by atoms with Crippen LogP contribution < -0.4 is 0 Å².